The van der Waals surface area contributed by atoms with Crippen LogP contribution in [0.3, 0.4) is 0 Å². The van der Waals surface area contributed by atoms with Crippen molar-refractivity contribution in [3.8, 4) is 11.5 Å². The highest BCUT2D eigenvalue weighted by atomic mass is 32.2. The molecule has 8 nitrogen and oxygen atoms in total. The van der Waals surface area contributed by atoms with Crippen molar-refractivity contribution in [3.05, 3.63) is 53.7 Å². The third-order valence-corrected chi connectivity index (χ3v) is 5.20. The summed E-state index contributed by atoms with van der Waals surface area (Å²) in [5.41, 5.74) is 0.676. The molecule has 2 aromatic carbocycles. The maximum absolute atomic E-state index is 12.6. The molecule has 0 aliphatic rings. The van der Waals surface area contributed by atoms with E-state index in [1.54, 1.807) is 36.4 Å². The predicted octanol–water partition coefficient (Wildman–Crippen LogP) is 2.83. The Kier molecular flexibility index (Phi) is 4.95. The van der Waals surface area contributed by atoms with Crippen LogP contribution >= 0.6 is 0 Å². The van der Waals surface area contributed by atoms with Gasteiger partial charge in [-0.3, -0.25) is 4.72 Å². The highest BCUT2D eigenvalue weighted by Gasteiger charge is 2.23. The van der Waals surface area contributed by atoms with Crippen LogP contribution in [0.1, 0.15) is 16.1 Å². The molecule has 9 heteroatoms. The van der Waals surface area contributed by atoms with Crippen LogP contribution in [0.25, 0.3) is 10.9 Å². The van der Waals surface area contributed by atoms with Crippen LogP contribution in [0.15, 0.2) is 42.5 Å². The molecule has 0 atom stereocenters. The Bertz CT molecular complexity index is 1090. The van der Waals surface area contributed by atoms with Crippen LogP contribution in [-0.4, -0.2) is 38.7 Å². The number of rotatable bonds is 7. The second-order valence-corrected chi connectivity index (χ2v) is 7.50. The summed E-state index contributed by atoms with van der Waals surface area (Å²) in [6.07, 6.45) is 0. The first kappa shape index (κ1) is 18.6. The molecule has 1 heterocycles. The average Bonchev–Trinajstić information content (AvgIpc) is 2.98. The van der Waals surface area contributed by atoms with Gasteiger partial charge in [-0.05, 0) is 11.6 Å². The number of carbonyl (C=O) groups is 1. The van der Waals surface area contributed by atoms with Crippen molar-refractivity contribution in [3.63, 3.8) is 0 Å². The lowest BCUT2D eigenvalue weighted by Crippen LogP contribution is -2.16. The quantitative estimate of drug-likeness (QED) is 0.571. The van der Waals surface area contributed by atoms with E-state index in [-0.39, 0.29) is 17.1 Å². The highest BCUT2D eigenvalue weighted by Crippen LogP contribution is 2.37. The number of aromatic amines is 1. The molecule has 0 fully saturated rings. The first-order chi connectivity index (χ1) is 12.8. The lowest BCUT2D eigenvalue weighted by molar-refractivity contribution is 0.0692. The van der Waals surface area contributed by atoms with Gasteiger partial charge >= 0.3 is 5.97 Å². The van der Waals surface area contributed by atoms with Crippen LogP contribution in [0.5, 0.6) is 11.5 Å². The zero-order chi connectivity index (χ0) is 19.6. The highest BCUT2D eigenvalue weighted by molar-refractivity contribution is 7.92. The second-order valence-electron chi connectivity index (χ2n) is 5.78. The number of benzene rings is 2. The third-order valence-electron chi connectivity index (χ3n) is 3.97. The topological polar surface area (TPSA) is 118 Å². The van der Waals surface area contributed by atoms with Crippen molar-refractivity contribution < 1.29 is 27.8 Å². The monoisotopic (exact) mass is 390 g/mol. The van der Waals surface area contributed by atoms with Crippen molar-refractivity contribution >= 4 is 32.6 Å². The van der Waals surface area contributed by atoms with Gasteiger partial charge in [0.1, 0.15) is 5.69 Å². The standard InChI is InChI=1S/C18H18N2O6S/c1-25-14-8-12-13(9-15(14)26-2)19-17(18(21)22)16(12)20-27(23,24)10-11-6-4-3-5-7-11/h3-9,19-20H,10H2,1-2H3,(H,21,22). The summed E-state index contributed by atoms with van der Waals surface area (Å²) in [6, 6.07) is 11.7. The molecule has 0 unspecified atom stereocenters. The fourth-order valence-corrected chi connectivity index (χ4v) is 4.00. The van der Waals surface area contributed by atoms with Gasteiger partial charge in [0, 0.05) is 11.5 Å². The van der Waals surface area contributed by atoms with Crippen LogP contribution in [0.4, 0.5) is 5.69 Å². The molecule has 0 aliphatic heterocycles. The average molecular weight is 390 g/mol. The number of fused-ring (bicyclic) bond motifs is 1. The zero-order valence-corrected chi connectivity index (χ0v) is 15.5. The maximum Gasteiger partial charge on any atom is 0.354 e. The van der Waals surface area contributed by atoms with Gasteiger partial charge in [-0.1, -0.05) is 30.3 Å². The fourth-order valence-electron chi connectivity index (χ4n) is 2.77. The molecule has 0 saturated heterocycles. The fraction of sp³-hybridized carbons (Fsp3) is 0.167. The molecule has 3 N–H and O–H groups in total. The minimum atomic E-state index is -3.85. The smallest absolute Gasteiger partial charge is 0.354 e. The molecule has 3 aromatic rings. The van der Waals surface area contributed by atoms with Gasteiger partial charge in [-0.25, -0.2) is 13.2 Å². The Labute approximate surface area is 155 Å². The molecule has 0 radical (unpaired) electrons. The molecule has 3 rings (SSSR count). The number of sulfonamides is 1. The number of hydrogen-bond acceptors (Lipinski definition) is 5. The van der Waals surface area contributed by atoms with E-state index >= 15 is 0 Å². The van der Waals surface area contributed by atoms with Crippen molar-refractivity contribution in [1.82, 2.24) is 4.98 Å². The van der Waals surface area contributed by atoms with Gasteiger partial charge in [0.15, 0.2) is 11.5 Å². The molecular formula is C18H18N2O6S. The first-order valence-corrected chi connectivity index (χ1v) is 9.55. The van der Waals surface area contributed by atoms with Crippen LogP contribution in [0.2, 0.25) is 0 Å². The number of H-pyrrole nitrogens is 1. The first-order valence-electron chi connectivity index (χ1n) is 7.90. The van der Waals surface area contributed by atoms with E-state index in [1.807, 2.05) is 0 Å². The summed E-state index contributed by atoms with van der Waals surface area (Å²) >= 11 is 0. The summed E-state index contributed by atoms with van der Waals surface area (Å²) in [7, 11) is -0.955. The summed E-state index contributed by atoms with van der Waals surface area (Å²) < 4.78 is 38.0. The van der Waals surface area contributed by atoms with Crippen molar-refractivity contribution in [2.75, 3.05) is 18.9 Å². The summed E-state index contributed by atoms with van der Waals surface area (Å²) in [4.78, 5) is 14.3. The number of carboxylic acids is 1. The van der Waals surface area contributed by atoms with Crippen LogP contribution < -0.4 is 14.2 Å². The van der Waals surface area contributed by atoms with Crippen LogP contribution in [0, 0.1) is 0 Å². The Balaban J connectivity index is 2.08. The number of methoxy groups -OCH3 is 2. The zero-order valence-electron chi connectivity index (χ0n) is 14.6. The molecule has 0 bridgehead atoms. The molecule has 27 heavy (non-hydrogen) atoms. The van der Waals surface area contributed by atoms with E-state index < -0.39 is 16.0 Å². The second kappa shape index (κ2) is 7.20. The predicted molar refractivity (Wildman–Crippen MR) is 101 cm³/mol. The molecule has 0 amide bonds. The van der Waals surface area contributed by atoms with Gasteiger partial charge in [0.2, 0.25) is 10.0 Å². The van der Waals surface area contributed by atoms with E-state index in [4.69, 9.17) is 9.47 Å². The van der Waals surface area contributed by atoms with Gasteiger partial charge in [0.05, 0.1) is 31.2 Å². The molecule has 142 valence electrons. The van der Waals surface area contributed by atoms with E-state index in [2.05, 4.69) is 9.71 Å². The number of nitrogens with one attached hydrogen (secondary N) is 2. The minimum Gasteiger partial charge on any atom is -0.493 e. The number of anilines is 1. The minimum absolute atomic E-state index is 0.0469. The molecule has 1 aromatic heterocycles. The Morgan fingerprint density at radius 2 is 1.74 bits per heavy atom. The summed E-state index contributed by atoms with van der Waals surface area (Å²) in [6.45, 7) is 0. The number of hydrogen-bond donors (Lipinski definition) is 3. The molecular weight excluding hydrogens is 372 g/mol. The van der Waals surface area contributed by atoms with Crippen molar-refractivity contribution in [2.24, 2.45) is 0 Å². The van der Waals surface area contributed by atoms with Gasteiger partial charge in [-0.2, -0.15) is 0 Å². The van der Waals surface area contributed by atoms with Crippen molar-refractivity contribution in [2.45, 2.75) is 5.75 Å². The number of aromatic carboxylic acids is 1. The summed E-state index contributed by atoms with van der Waals surface area (Å²) in [5, 5.41) is 9.84. The Hall–Kier alpha value is -3.20. The largest absolute Gasteiger partial charge is 0.493 e. The van der Waals surface area contributed by atoms with Crippen LogP contribution in [-0.2, 0) is 15.8 Å². The number of aromatic nitrogens is 1. The van der Waals surface area contributed by atoms with E-state index in [0.29, 0.717) is 28.0 Å². The number of carboxylic acid groups (broad SMARTS) is 1. The molecule has 0 spiro atoms. The lowest BCUT2D eigenvalue weighted by atomic mass is 10.2. The van der Waals surface area contributed by atoms with Gasteiger partial charge in [0.25, 0.3) is 0 Å². The van der Waals surface area contributed by atoms with Gasteiger partial charge < -0.3 is 19.6 Å². The van der Waals surface area contributed by atoms with E-state index in [0.717, 1.165) is 0 Å². The molecule has 0 aliphatic carbocycles. The normalized spacial score (nSPS) is 11.3. The Morgan fingerprint density at radius 3 is 2.33 bits per heavy atom. The SMILES string of the molecule is COc1cc2[nH]c(C(=O)O)c(NS(=O)(=O)Cc3ccccc3)c2cc1OC. The molecule has 0 saturated carbocycles. The van der Waals surface area contributed by atoms with E-state index in [9.17, 15) is 18.3 Å². The third kappa shape index (κ3) is 3.82. The van der Waals surface area contributed by atoms with E-state index in [1.165, 1.54) is 20.3 Å². The lowest BCUT2D eigenvalue weighted by Gasteiger charge is -2.10. The van der Waals surface area contributed by atoms with Crippen molar-refractivity contribution in [1.29, 1.82) is 0 Å². The summed E-state index contributed by atoms with van der Waals surface area (Å²) in [5.74, 6) is -0.833. The van der Waals surface area contributed by atoms with Gasteiger partial charge in [-0.15, -0.1) is 0 Å². The maximum atomic E-state index is 12.6. The Morgan fingerprint density at radius 1 is 1.11 bits per heavy atom. The number of ether oxygens (including phenoxy) is 2.